The number of halogens is 3. The van der Waals surface area contributed by atoms with Crippen molar-refractivity contribution in [3.63, 3.8) is 0 Å². The maximum Gasteiger partial charge on any atom is 0.434 e. The summed E-state index contributed by atoms with van der Waals surface area (Å²) in [5, 5.41) is 8.73. The fourth-order valence-corrected chi connectivity index (χ4v) is 1.65. The predicted octanol–water partition coefficient (Wildman–Crippen LogP) is 2.78. The minimum absolute atomic E-state index is 0.0754. The molecule has 0 atom stereocenters. The molecule has 20 heavy (non-hydrogen) atoms. The normalized spacial score (nSPS) is 11.3. The van der Waals surface area contributed by atoms with Crippen molar-refractivity contribution >= 4 is 5.97 Å². The molecule has 0 fully saturated rings. The van der Waals surface area contributed by atoms with Crippen molar-refractivity contribution in [3.8, 4) is 0 Å². The lowest BCUT2D eigenvalue weighted by Crippen LogP contribution is -2.17. The van der Waals surface area contributed by atoms with Gasteiger partial charge in [-0.25, -0.2) is 14.8 Å². The molecule has 1 aromatic heterocycles. The number of aromatic carboxylic acids is 1. The standard InChI is InChI=1S/C13H9F3N2O2/c14-13(15,16)11-9(12(19)20)7-17-10(18-11)6-8-4-2-1-3-5-8/h1-5,7H,6H2,(H,19,20). The Hall–Kier alpha value is -2.44. The maximum atomic E-state index is 12.8. The van der Waals surface area contributed by atoms with E-state index in [0.717, 1.165) is 5.56 Å². The molecular formula is C13H9F3N2O2. The highest BCUT2D eigenvalue weighted by molar-refractivity contribution is 5.88. The van der Waals surface area contributed by atoms with Gasteiger partial charge in [-0.2, -0.15) is 13.2 Å². The first-order valence-corrected chi connectivity index (χ1v) is 5.58. The van der Waals surface area contributed by atoms with Crippen LogP contribution in [0.3, 0.4) is 0 Å². The topological polar surface area (TPSA) is 63.1 Å². The Bertz CT molecular complexity index is 627. The summed E-state index contributed by atoms with van der Waals surface area (Å²) in [7, 11) is 0. The zero-order chi connectivity index (χ0) is 14.8. The molecule has 1 aromatic carbocycles. The zero-order valence-corrected chi connectivity index (χ0v) is 10.1. The Morgan fingerprint density at radius 2 is 1.85 bits per heavy atom. The van der Waals surface area contributed by atoms with E-state index in [1.165, 1.54) is 0 Å². The van der Waals surface area contributed by atoms with Crippen LogP contribution in [-0.4, -0.2) is 21.0 Å². The van der Waals surface area contributed by atoms with Crippen LogP contribution in [0, 0.1) is 0 Å². The third kappa shape index (κ3) is 3.11. The zero-order valence-electron chi connectivity index (χ0n) is 10.1. The SMILES string of the molecule is O=C(O)c1cnc(Cc2ccccc2)nc1C(F)(F)F. The smallest absolute Gasteiger partial charge is 0.434 e. The maximum absolute atomic E-state index is 12.8. The second-order valence-electron chi connectivity index (χ2n) is 4.01. The minimum atomic E-state index is -4.83. The average Bonchev–Trinajstić information content (AvgIpc) is 2.38. The second-order valence-corrected chi connectivity index (χ2v) is 4.01. The molecule has 1 heterocycles. The Kier molecular flexibility index (Phi) is 3.69. The average molecular weight is 282 g/mol. The van der Waals surface area contributed by atoms with Crippen molar-refractivity contribution in [1.29, 1.82) is 0 Å². The summed E-state index contributed by atoms with van der Waals surface area (Å²) < 4.78 is 38.3. The Labute approximate surface area is 111 Å². The van der Waals surface area contributed by atoms with Crippen molar-refractivity contribution in [2.45, 2.75) is 12.6 Å². The van der Waals surface area contributed by atoms with E-state index in [1.807, 2.05) is 0 Å². The third-order valence-electron chi connectivity index (χ3n) is 2.54. The molecule has 0 saturated heterocycles. The van der Waals surface area contributed by atoms with Crippen LogP contribution in [0.1, 0.15) is 27.4 Å². The number of carboxylic acid groups (broad SMARTS) is 1. The van der Waals surface area contributed by atoms with Gasteiger partial charge in [0.05, 0.1) is 0 Å². The summed E-state index contributed by atoms with van der Waals surface area (Å²) >= 11 is 0. The highest BCUT2D eigenvalue weighted by Gasteiger charge is 2.38. The third-order valence-corrected chi connectivity index (χ3v) is 2.54. The highest BCUT2D eigenvalue weighted by Crippen LogP contribution is 2.30. The van der Waals surface area contributed by atoms with Crippen molar-refractivity contribution in [2.24, 2.45) is 0 Å². The summed E-state index contributed by atoms with van der Waals surface area (Å²) in [6.45, 7) is 0. The number of nitrogens with zero attached hydrogens (tertiary/aromatic N) is 2. The van der Waals surface area contributed by atoms with Crippen LogP contribution in [0.5, 0.6) is 0 Å². The lowest BCUT2D eigenvalue weighted by Gasteiger charge is -2.10. The molecule has 0 spiro atoms. The Morgan fingerprint density at radius 1 is 1.20 bits per heavy atom. The van der Waals surface area contributed by atoms with Crippen molar-refractivity contribution in [1.82, 2.24) is 9.97 Å². The summed E-state index contributed by atoms with van der Waals surface area (Å²) in [4.78, 5) is 17.8. The summed E-state index contributed by atoms with van der Waals surface area (Å²) in [5.41, 5.74) is -1.64. The quantitative estimate of drug-likeness (QED) is 0.940. The van der Waals surface area contributed by atoms with Crippen LogP contribution in [0.25, 0.3) is 0 Å². The van der Waals surface area contributed by atoms with Gasteiger partial charge in [0.15, 0.2) is 5.69 Å². The van der Waals surface area contributed by atoms with Gasteiger partial charge in [0.1, 0.15) is 11.4 Å². The molecule has 2 aromatic rings. The van der Waals surface area contributed by atoms with Gasteiger partial charge in [0.25, 0.3) is 0 Å². The molecule has 104 valence electrons. The van der Waals surface area contributed by atoms with Gasteiger partial charge in [-0.3, -0.25) is 0 Å². The van der Waals surface area contributed by atoms with E-state index < -0.39 is 23.4 Å². The van der Waals surface area contributed by atoms with Crippen LogP contribution < -0.4 is 0 Å². The summed E-state index contributed by atoms with van der Waals surface area (Å²) in [6.07, 6.45) is -4.04. The van der Waals surface area contributed by atoms with E-state index in [0.29, 0.717) is 6.20 Å². The van der Waals surface area contributed by atoms with E-state index in [4.69, 9.17) is 5.11 Å². The molecule has 0 unspecified atom stereocenters. The fraction of sp³-hybridized carbons (Fsp3) is 0.154. The molecule has 7 heteroatoms. The first-order valence-electron chi connectivity index (χ1n) is 5.58. The first-order chi connectivity index (χ1) is 9.38. The van der Waals surface area contributed by atoms with Crippen LogP contribution in [0.15, 0.2) is 36.5 Å². The van der Waals surface area contributed by atoms with Crippen LogP contribution in [-0.2, 0) is 12.6 Å². The van der Waals surface area contributed by atoms with Gasteiger partial charge in [0.2, 0.25) is 0 Å². The number of hydrogen-bond acceptors (Lipinski definition) is 3. The van der Waals surface area contributed by atoms with E-state index in [9.17, 15) is 18.0 Å². The van der Waals surface area contributed by atoms with E-state index in [2.05, 4.69) is 9.97 Å². The molecule has 0 aliphatic rings. The van der Waals surface area contributed by atoms with Gasteiger partial charge >= 0.3 is 12.1 Å². The number of carboxylic acids is 1. The van der Waals surface area contributed by atoms with E-state index in [-0.39, 0.29) is 12.2 Å². The second kappa shape index (κ2) is 5.28. The molecule has 0 amide bonds. The summed E-state index contributed by atoms with van der Waals surface area (Å²) in [5.74, 6) is -1.78. The van der Waals surface area contributed by atoms with Gasteiger partial charge in [-0.05, 0) is 5.56 Å². The molecule has 4 nitrogen and oxygen atoms in total. The number of benzene rings is 1. The van der Waals surface area contributed by atoms with Gasteiger partial charge in [-0.1, -0.05) is 30.3 Å². The van der Waals surface area contributed by atoms with E-state index >= 15 is 0 Å². The number of alkyl halides is 3. The van der Waals surface area contributed by atoms with Gasteiger partial charge < -0.3 is 5.11 Å². The van der Waals surface area contributed by atoms with Crippen molar-refractivity contribution in [3.05, 3.63) is 59.2 Å². The van der Waals surface area contributed by atoms with Crippen LogP contribution >= 0.6 is 0 Å². The number of rotatable bonds is 3. The minimum Gasteiger partial charge on any atom is -0.478 e. The Morgan fingerprint density at radius 3 is 2.40 bits per heavy atom. The molecule has 0 radical (unpaired) electrons. The molecule has 0 aliphatic carbocycles. The number of carbonyl (C=O) groups is 1. The largest absolute Gasteiger partial charge is 0.478 e. The summed E-state index contributed by atoms with van der Waals surface area (Å²) in [6, 6.07) is 8.71. The monoisotopic (exact) mass is 282 g/mol. The Balaban J connectivity index is 2.40. The number of hydrogen-bond donors (Lipinski definition) is 1. The molecule has 2 rings (SSSR count). The predicted molar refractivity (Wildman–Crippen MR) is 63.2 cm³/mol. The van der Waals surface area contributed by atoms with E-state index in [1.54, 1.807) is 30.3 Å². The fourth-order valence-electron chi connectivity index (χ4n) is 1.65. The molecule has 0 saturated carbocycles. The lowest BCUT2D eigenvalue weighted by atomic mass is 10.1. The van der Waals surface area contributed by atoms with Crippen LogP contribution in [0.4, 0.5) is 13.2 Å². The molecule has 1 N–H and O–H groups in total. The molecule has 0 aliphatic heterocycles. The van der Waals surface area contributed by atoms with Gasteiger partial charge in [-0.15, -0.1) is 0 Å². The molecular weight excluding hydrogens is 273 g/mol. The number of aromatic nitrogens is 2. The first kappa shape index (κ1) is 14.0. The van der Waals surface area contributed by atoms with Gasteiger partial charge in [0, 0.05) is 12.6 Å². The van der Waals surface area contributed by atoms with Crippen LogP contribution in [0.2, 0.25) is 0 Å². The van der Waals surface area contributed by atoms with Crippen molar-refractivity contribution in [2.75, 3.05) is 0 Å². The molecule has 0 bridgehead atoms. The highest BCUT2D eigenvalue weighted by atomic mass is 19.4. The lowest BCUT2D eigenvalue weighted by molar-refractivity contribution is -0.141. The van der Waals surface area contributed by atoms with Crippen molar-refractivity contribution < 1.29 is 23.1 Å².